The SMILES string of the molecule is CCCCCCCCC(CF)C(C)(OC)OC. The van der Waals surface area contributed by atoms with Crippen molar-refractivity contribution in [2.45, 2.75) is 64.6 Å². The van der Waals surface area contributed by atoms with Gasteiger partial charge in [-0.3, -0.25) is 4.39 Å². The molecule has 0 spiro atoms. The number of methoxy groups -OCH3 is 2. The third-order valence-corrected chi connectivity index (χ3v) is 3.64. The lowest BCUT2D eigenvalue weighted by molar-refractivity contribution is -0.231. The van der Waals surface area contributed by atoms with Gasteiger partial charge in [0, 0.05) is 20.1 Å². The maximum absolute atomic E-state index is 13.0. The predicted molar refractivity (Wildman–Crippen MR) is 69.9 cm³/mol. The Morgan fingerprint density at radius 1 is 1.00 bits per heavy atom. The maximum atomic E-state index is 13.0. The molecule has 1 unspecified atom stereocenters. The van der Waals surface area contributed by atoms with Gasteiger partial charge in [-0.2, -0.15) is 0 Å². The lowest BCUT2D eigenvalue weighted by atomic mass is 9.94. The molecule has 0 bridgehead atoms. The molecular weight excluding hydrogens is 219 g/mol. The van der Waals surface area contributed by atoms with E-state index in [9.17, 15) is 4.39 Å². The third-order valence-electron chi connectivity index (χ3n) is 3.64. The topological polar surface area (TPSA) is 18.5 Å². The van der Waals surface area contributed by atoms with Gasteiger partial charge in [-0.15, -0.1) is 0 Å². The van der Waals surface area contributed by atoms with E-state index in [0.29, 0.717) is 0 Å². The highest BCUT2D eigenvalue weighted by Crippen LogP contribution is 2.27. The summed E-state index contributed by atoms with van der Waals surface area (Å²) >= 11 is 0. The van der Waals surface area contributed by atoms with Crippen molar-refractivity contribution in [3.8, 4) is 0 Å². The van der Waals surface area contributed by atoms with Crippen molar-refractivity contribution in [1.29, 1.82) is 0 Å². The molecule has 1 atom stereocenters. The first kappa shape index (κ1) is 16.9. The van der Waals surface area contributed by atoms with Gasteiger partial charge in [0.25, 0.3) is 0 Å². The van der Waals surface area contributed by atoms with E-state index in [-0.39, 0.29) is 12.6 Å². The monoisotopic (exact) mass is 248 g/mol. The Morgan fingerprint density at radius 3 is 2.00 bits per heavy atom. The predicted octanol–water partition coefficient (Wildman–Crippen LogP) is 4.33. The molecular formula is C14H29FO2. The van der Waals surface area contributed by atoms with E-state index >= 15 is 0 Å². The molecule has 0 aliphatic carbocycles. The van der Waals surface area contributed by atoms with E-state index in [1.807, 2.05) is 6.92 Å². The molecule has 0 amide bonds. The number of rotatable bonds is 11. The zero-order chi connectivity index (χ0) is 13.1. The first-order valence-electron chi connectivity index (χ1n) is 6.80. The van der Waals surface area contributed by atoms with Crippen molar-refractivity contribution < 1.29 is 13.9 Å². The number of halogens is 1. The quantitative estimate of drug-likeness (QED) is 0.400. The van der Waals surface area contributed by atoms with Crippen LogP contribution in [0.3, 0.4) is 0 Å². The van der Waals surface area contributed by atoms with Crippen molar-refractivity contribution in [3.63, 3.8) is 0 Å². The van der Waals surface area contributed by atoms with Crippen molar-refractivity contribution in [1.82, 2.24) is 0 Å². The van der Waals surface area contributed by atoms with Crippen LogP contribution in [-0.2, 0) is 9.47 Å². The fraction of sp³-hybridized carbons (Fsp3) is 1.00. The van der Waals surface area contributed by atoms with Gasteiger partial charge < -0.3 is 9.47 Å². The summed E-state index contributed by atoms with van der Waals surface area (Å²) in [6.45, 7) is 3.64. The minimum atomic E-state index is -0.780. The molecule has 0 saturated heterocycles. The van der Waals surface area contributed by atoms with E-state index in [2.05, 4.69) is 6.92 Å². The molecule has 0 heterocycles. The Balaban J connectivity index is 3.82. The molecule has 0 aromatic heterocycles. The number of hydrogen-bond donors (Lipinski definition) is 0. The Morgan fingerprint density at radius 2 is 1.53 bits per heavy atom. The van der Waals surface area contributed by atoms with Crippen LogP contribution in [0.5, 0.6) is 0 Å². The molecule has 0 aromatic rings. The van der Waals surface area contributed by atoms with E-state index in [1.54, 1.807) is 14.2 Å². The normalized spacial score (nSPS) is 13.9. The molecule has 0 saturated carbocycles. The van der Waals surface area contributed by atoms with Gasteiger partial charge >= 0.3 is 0 Å². The molecule has 0 aromatic carbocycles. The van der Waals surface area contributed by atoms with Crippen LogP contribution in [0.1, 0.15) is 58.8 Å². The average molecular weight is 248 g/mol. The highest BCUT2D eigenvalue weighted by Gasteiger charge is 2.33. The number of unbranched alkanes of at least 4 members (excludes halogenated alkanes) is 5. The van der Waals surface area contributed by atoms with Crippen LogP contribution in [-0.4, -0.2) is 26.7 Å². The summed E-state index contributed by atoms with van der Waals surface area (Å²) in [6.07, 6.45) is 8.19. The minimum absolute atomic E-state index is 0.163. The summed E-state index contributed by atoms with van der Waals surface area (Å²) in [5, 5.41) is 0. The standard InChI is InChI=1S/C14H29FO2/c1-5-6-7-8-9-10-11-13(12-15)14(2,16-3)17-4/h13H,5-12H2,1-4H3. The summed E-state index contributed by atoms with van der Waals surface area (Å²) < 4.78 is 23.5. The lowest BCUT2D eigenvalue weighted by Gasteiger charge is -2.33. The second kappa shape index (κ2) is 9.84. The van der Waals surface area contributed by atoms with Gasteiger partial charge in [0.2, 0.25) is 0 Å². The zero-order valence-corrected chi connectivity index (χ0v) is 11.9. The van der Waals surface area contributed by atoms with Gasteiger partial charge in [0.05, 0.1) is 6.67 Å². The first-order chi connectivity index (χ1) is 8.14. The van der Waals surface area contributed by atoms with Crippen LogP contribution in [0.15, 0.2) is 0 Å². The van der Waals surface area contributed by atoms with Crippen LogP contribution in [0.25, 0.3) is 0 Å². The maximum Gasteiger partial charge on any atom is 0.170 e. The highest BCUT2D eigenvalue weighted by molar-refractivity contribution is 4.74. The van der Waals surface area contributed by atoms with Crippen LogP contribution in [0.4, 0.5) is 4.39 Å². The average Bonchev–Trinajstić information content (AvgIpc) is 2.37. The van der Waals surface area contributed by atoms with Crippen molar-refractivity contribution in [2.75, 3.05) is 20.9 Å². The van der Waals surface area contributed by atoms with Crippen molar-refractivity contribution >= 4 is 0 Å². The fourth-order valence-electron chi connectivity index (χ4n) is 2.07. The molecule has 17 heavy (non-hydrogen) atoms. The van der Waals surface area contributed by atoms with Gasteiger partial charge in [-0.1, -0.05) is 45.4 Å². The molecule has 0 rings (SSSR count). The summed E-state index contributed by atoms with van der Waals surface area (Å²) in [5.41, 5.74) is 0. The molecule has 0 fully saturated rings. The van der Waals surface area contributed by atoms with Crippen LogP contribution >= 0.6 is 0 Å². The molecule has 3 heteroatoms. The molecule has 0 radical (unpaired) electrons. The molecule has 0 aliphatic rings. The van der Waals surface area contributed by atoms with Gasteiger partial charge in [0.15, 0.2) is 5.79 Å². The van der Waals surface area contributed by atoms with Crippen LogP contribution in [0.2, 0.25) is 0 Å². The third kappa shape index (κ3) is 6.37. The van der Waals surface area contributed by atoms with E-state index in [0.717, 1.165) is 12.8 Å². The summed E-state index contributed by atoms with van der Waals surface area (Å²) in [6, 6.07) is 0. The number of hydrogen-bond acceptors (Lipinski definition) is 2. The van der Waals surface area contributed by atoms with Gasteiger partial charge in [0.1, 0.15) is 0 Å². The summed E-state index contributed by atoms with van der Waals surface area (Å²) in [5.74, 6) is -0.943. The van der Waals surface area contributed by atoms with E-state index in [1.165, 1.54) is 32.1 Å². The summed E-state index contributed by atoms with van der Waals surface area (Å²) in [7, 11) is 3.15. The molecule has 0 aliphatic heterocycles. The van der Waals surface area contributed by atoms with E-state index < -0.39 is 5.79 Å². The number of alkyl halides is 1. The van der Waals surface area contributed by atoms with Crippen molar-refractivity contribution in [3.05, 3.63) is 0 Å². The Labute approximate surface area is 106 Å². The van der Waals surface area contributed by atoms with E-state index in [4.69, 9.17) is 9.47 Å². The minimum Gasteiger partial charge on any atom is -0.353 e. The Hall–Kier alpha value is -0.150. The molecule has 0 N–H and O–H groups in total. The van der Waals surface area contributed by atoms with Crippen LogP contribution < -0.4 is 0 Å². The lowest BCUT2D eigenvalue weighted by Crippen LogP contribution is -2.40. The first-order valence-corrected chi connectivity index (χ1v) is 6.80. The smallest absolute Gasteiger partial charge is 0.170 e. The summed E-state index contributed by atoms with van der Waals surface area (Å²) in [4.78, 5) is 0. The van der Waals surface area contributed by atoms with Crippen LogP contribution in [0, 0.1) is 5.92 Å². The number of ether oxygens (including phenoxy) is 2. The largest absolute Gasteiger partial charge is 0.353 e. The molecule has 104 valence electrons. The van der Waals surface area contributed by atoms with Gasteiger partial charge in [-0.05, 0) is 13.3 Å². The fourth-order valence-corrected chi connectivity index (χ4v) is 2.07. The Kier molecular flexibility index (Phi) is 9.75. The molecule has 2 nitrogen and oxygen atoms in total. The highest BCUT2D eigenvalue weighted by atomic mass is 19.1. The van der Waals surface area contributed by atoms with Gasteiger partial charge in [-0.25, -0.2) is 0 Å². The second-order valence-electron chi connectivity index (χ2n) is 4.83. The van der Waals surface area contributed by atoms with Crippen molar-refractivity contribution in [2.24, 2.45) is 5.92 Å². The second-order valence-corrected chi connectivity index (χ2v) is 4.83. The zero-order valence-electron chi connectivity index (χ0n) is 11.9. The Bertz CT molecular complexity index is 170.